The van der Waals surface area contributed by atoms with Gasteiger partial charge in [0, 0.05) is 19.5 Å². The van der Waals surface area contributed by atoms with Crippen molar-refractivity contribution in [1.29, 1.82) is 0 Å². The van der Waals surface area contributed by atoms with Crippen LogP contribution < -0.4 is 4.74 Å². The number of hydrogen-bond donors (Lipinski definition) is 1. The molecule has 5 heteroatoms. The normalized spacial score (nSPS) is 17.8. The van der Waals surface area contributed by atoms with Crippen molar-refractivity contribution < 1.29 is 19.4 Å². The van der Waals surface area contributed by atoms with Gasteiger partial charge in [-0.2, -0.15) is 0 Å². The first-order valence-corrected chi connectivity index (χ1v) is 7.15. The molecule has 1 fully saturated rings. The Morgan fingerprint density at radius 2 is 2.10 bits per heavy atom. The van der Waals surface area contributed by atoms with Gasteiger partial charge in [0.15, 0.2) is 6.61 Å². The standard InChI is InChI=1S/C16H21NO4/c1-11-3-4-14(7-12(11)2)21-10-15(18)17-6-5-13(9-17)8-16(19)20/h3-4,7,13H,5-6,8-10H2,1-2H3,(H,19,20). The summed E-state index contributed by atoms with van der Waals surface area (Å²) in [5.74, 6) is -0.136. The second kappa shape index (κ2) is 6.61. The van der Waals surface area contributed by atoms with E-state index in [4.69, 9.17) is 9.84 Å². The lowest BCUT2D eigenvalue weighted by molar-refractivity contribution is -0.138. The molecule has 0 bridgehead atoms. The number of rotatable bonds is 5. The minimum atomic E-state index is -0.805. The molecule has 0 saturated carbocycles. The number of nitrogens with zero attached hydrogens (tertiary/aromatic N) is 1. The van der Waals surface area contributed by atoms with Crippen LogP contribution in [0.1, 0.15) is 24.0 Å². The fraction of sp³-hybridized carbons (Fsp3) is 0.500. The molecular formula is C16H21NO4. The molecule has 2 rings (SSSR count). The average molecular weight is 291 g/mol. The van der Waals surface area contributed by atoms with Gasteiger partial charge in [-0.25, -0.2) is 0 Å². The molecule has 1 aromatic rings. The fourth-order valence-electron chi connectivity index (χ4n) is 2.51. The smallest absolute Gasteiger partial charge is 0.303 e. The van der Waals surface area contributed by atoms with Crippen molar-refractivity contribution in [3.05, 3.63) is 29.3 Å². The molecule has 1 saturated heterocycles. The van der Waals surface area contributed by atoms with E-state index >= 15 is 0 Å². The molecule has 1 aromatic carbocycles. The minimum Gasteiger partial charge on any atom is -0.484 e. The van der Waals surface area contributed by atoms with Gasteiger partial charge in [-0.15, -0.1) is 0 Å². The first-order valence-electron chi connectivity index (χ1n) is 7.15. The highest BCUT2D eigenvalue weighted by molar-refractivity contribution is 5.78. The van der Waals surface area contributed by atoms with Gasteiger partial charge in [0.2, 0.25) is 0 Å². The van der Waals surface area contributed by atoms with E-state index in [2.05, 4.69) is 0 Å². The molecule has 114 valence electrons. The number of benzene rings is 1. The summed E-state index contributed by atoms with van der Waals surface area (Å²) in [7, 11) is 0. The van der Waals surface area contributed by atoms with Crippen molar-refractivity contribution in [1.82, 2.24) is 4.90 Å². The Hall–Kier alpha value is -2.04. The van der Waals surface area contributed by atoms with Crippen LogP contribution >= 0.6 is 0 Å². The predicted octanol–water partition coefficient (Wildman–Crippen LogP) is 2.01. The molecular weight excluding hydrogens is 270 g/mol. The van der Waals surface area contributed by atoms with Gasteiger partial charge in [-0.05, 0) is 49.4 Å². The van der Waals surface area contributed by atoms with E-state index in [1.165, 1.54) is 5.56 Å². The Balaban J connectivity index is 1.82. The van der Waals surface area contributed by atoms with Crippen molar-refractivity contribution in [2.75, 3.05) is 19.7 Å². The summed E-state index contributed by atoms with van der Waals surface area (Å²) in [5.41, 5.74) is 2.31. The molecule has 0 aromatic heterocycles. The zero-order chi connectivity index (χ0) is 15.4. The quantitative estimate of drug-likeness (QED) is 0.901. The molecule has 0 spiro atoms. The topological polar surface area (TPSA) is 66.8 Å². The summed E-state index contributed by atoms with van der Waals surface area (Å²) in [5, 5.41) is 8.77. The summed E-state index contributed by atoms with van der Waals surface area (Å²) >= 11 is 0. The third-order valence-corrected chi connectivity index (χ3v) is 3.94. The van der Waals surface area contributed by atoms with E-state index in [0.717, 1.165) is 12.0 Å². The van der Waals surface area contributed by atoms with Crippen LogP contribution in [0.5, 0.6) is 5.75 Å². The number of carbonyl (C=O) groups excluding carboxylic acids is 1. The number of hydrogen-bond acceptors (Lipinski definition) is 3. The molecule has 0 radical (unpaired) electrons. The first-order chi connectivity index (χ1) is 9.95. The molecule has 1 aliphatic heterocycles. The second-order valence-electron chi connectivity index (χ2n) is 5.63. The van der Waals surface area contributed by atoms with Crippen LogP contribution in [0.15, 0.2) is 18.2 Å². The van der Waals surface area contributed by atoms with Crippen molar-refractivity contribution in [2.24, 2.45) is 5.92 Å². The van der Waals surface area contributed by atoms with Crippen LogP contribution in [-0.4, -0.2) is 41.6 Å². The summed E-state index contributed by atoms with van der Waals surface area (Å²) in [6.45, 7) is 5.16. The lowest BCUT2D eigenvalue weighted by Crippen LogP contribution is -2.33. The maximum atomic E-state index is 12.1. The number of aryl methyl sites for hydroxylation is 2. The average Bonchev–Trinajstić information content (AvgIpc) is 2.87. The third kappa shape index (κ3) is 4.21. The predicted molar refractivity (Wildman–Crippen MR) is 78.4 cm³/mol. The highest BCUT2D eigenvalue weighted by Gasteiger charge is 2.27. The number of ether oxygens (including phenoxy) is 1. The zero-order valence-corrected chi connectivity index (χ0v) is 12.5. The van der Waals surface area contributed by atoms with Crippen molar-refractivity contribution in [3.8, 4) is 5.75 Å². The maximum absolute atomic E-state index is 12.1. The fourth-order valence-corrected chi connectivity index (χ4v) is 2.51. The van der Waals surface area contributed by atoms with Gasteiger partial charge in [0.1, 0.15) is 5.75 Å². The molecule has 0 aliphatic carbocycles. The molecule has 1 atom stereocenters. The SMILES string of the molecule is Cc1ccc(OCC(=O)N2CCC(CC(=O)O)C2)cc1C. The molecule has 1 amide bonds. The number of likely N-dealkylation sites (tertiary alicyclic amines) is 1. The second-order valence-corrected chi connectivity index (χ2v) is 5.63. The van der Waals surface area contributed by atoms with Crippen LogP contribution in [-0.2, 0) is 9.59 Å². The Morgan fingerprint density at radius 3 is 2.76 bits per heavy atom. The highest BCUT2D eigenvalue weighted by atomic mass is 16.5. The van der Waals surface area contributed by atoms with Crippen LogP contribution in [0.25, 0.3) is 0 Å². The number of carbonyl (C=O) groups is 2. The monoisotopic (exact) mass is 291 g/mol. The number of carboxylic acids is 1. The van der Waals surface area contributed by atoms with E-state index in [-0.39, 0.29) is 24.9 Å². The molecule has 1 heterocycles. The Morgan fingerprint density at radius 1 is 1.33 bits per heavy atom. The van der Waals surface area contributed by atoms with Crippen molar-refractivity contribution in [2.45, 2.75) is 26.7 Å². The summed E-state index contributed by atoms with van der Waals surface area (Å²) in [6.07, 6.45) is 0.878. The molecule has 5 nitrogen and oxygen atoms in total. The minimum absolute atomic E-state index is 0.00227. The van der Waals surface area contributed by atoms with E-state index < -0.39 is 5.97 Å². The van der Waals surface area contributed by atoms with Crippen LogP contribution in [0, 0.1) is 19.8 Å². The largest absolute Gasteiger partial charge is 0.484 e. The molecule has 1 aliphatic rings. The Kier molecular flexibility index (Phi) is 4.83. The van der Waals surface area contributed by atoms with Gasteiger partial charge in [0.05, 0.1) is 0 Å². The third-order valence-electron chi connectivity index (χ3n) is 3.94. The van der Waals surface area contributed by atoms with E-state index in [1.807, 2.05) is 32.0 Å². The number of carboxylic acid groups (broad SMARTS) is 1. The molecule has 1 N–H and O–H groups in total. The van der Waals surface area contributed by atoms with E-state index in [1.54, 1.807) is 4.90 Å². The lowest BCUT2D eigenvalue weighted by atomic mass is 10.1. The Bertz CT molecular complexity index is 541. The maximum Gasteiger partial charge on any atom is 0.303 e. The van der Waals surface area contributed by atoms with Gasteiger partial charge in [-0.3, -0.25) is 9.59 Å². The zero-order valence-electron chi connectivity index (χ0n) is 12.5. The highest BCUT2D eigenvalue weighted by Crippen LogP contribution is 2.20. The van der Waals surface area contributed by atoms with E-state index in [0.29, 0.717) is 18.8 Å². The molecule has 1 unspecified atom stereocenters. The van der Waals surface area contributed by atoms with Gasteiger partial charge >= 0.3 is 5.97 Å². The van der Waals surface area contributed by atoms with E-state index in [9.17, 15) is 9.59 Å². The van der Waals surface area contributed by atoms with Crippen LogP contribution in [0.4, 0.5) is 0 Å². The molecule has 21 heavy (non-hydrogen) atoms. The summed E-state index contributed by atoms with van der Waals surface area (Å²) < 4.78 is 5.52. The first kappa shape index (κ1) is 15.4. The number of amides is 1. The lowest BCUT2D eigenvalue weighted by Gasteiger charge is -2.17. The number of aliphatic carboxylic acids is 1. The summed E-state index contributed by atoms with van der Waals surface area (Å²) in [6, 6.07) is 5.74. The van der Waals surface area contributed by atoms with Crippen LogP contribution in [0.3, 0.4) is 0 Å². The van der Waals surface area contributed by atoms with Gasteiger partial charge in [0.25, 0.3) is 5.91 Å². The van der Waals surface area contributed by atoms with Gasteiger partial charge < -0.3 is 14.7 Å². The van der Waals surface area contributed by atoms with Gasteiger partial charge in [-0.1, -0.05) is 6.07 Å². The summed E-state index contributed by atoms with van der Waals surface area (Å²) in [4.78, 5) is 24.4. The Labute approximate surface area is 124 Å². The van der Waals surface area contributed by atoms with Crippen molar-refractivity contribution in [3.63, 3.8) is 0 Å². The van der Waals surface area contributed by atoms with Crippen molar-refractivity contribution >= 4 is 11.9 Å². The van der Waals surface area contributed by atoms with Crippen LogP contribution in [0.2, 0.25) is 0 Å².